The number of ether oxygens (including phenoxy) is 1. The number of carboxylic acid groups (broad SMARTS) is 1. The van der Waals surface area contributed by atoms with Crippen LogP contribution in [0.3, 0.4) is 0 Å². The number of methoxy groups -OCH3 is 1. The lowest BCUT2D eigenvalue weighted by Gasteiger charge is -2.29. The Kier molecular flexibility index (Phi) is 5.07. The standard InChI is InChI=1S/C25H20N2O6/c1-32-19-10-6-5-9-18(19)21-20-22(33-27(21)17-7-3-2-4-8-17)24(29)26(23(20)28)16-13-11-15(12-14-16)25(30)31/h2-14,20-22H,1H3,(H,30,31)/t20-,21-,22+/m0/s1. The normalized spacial score (nSPS) is 21.9. The molecule has 0 saturated carbocycles. The highest BCUT2D eigenvalue weighted by Crippen LogP contribution is 2.49. The zero-order valence-corrected chi connectivity index (χ0v) is 17.6. The minimum Gasteiger partial charge on any atom is -0.496 e. The Morgan fingerprint density at radius 2 is 1.55 bits per heavy atom. The summed E-state index contributed by atoms with van der Waals surface area (Å²) in [4.78, 5) is 45.3. The fourth-order valence-electron chi connectivity index (χ4n) is 4.45. The Hall–Kier alpha value is -4.17. The van der Waals surface area contributed by atoms with Crippen molar-refractivity contribution in [2.45, 2.75) is 12.1 Å². The SMILES string of the molecule is COc1ccccc1[C@H]1[C@@H]2C(=O)N(c3ccc(C(=O)O)cc3)C(=O)[C@@H]2ON1c1ccccc1. The fraction of sp³-hybridized carbons (Fsp3) is 0.160. The van der Waals surface area contributed by atoms with E-state index in [0.717, 1.165) is 10.5 Å². The molecule has 1 N–H and O–H groups in total. The molecule has 8 nitrogen and oxygen atoms in total. The first-order valence-corrected chi connectivity index (χ1v) is 10.4. The van der Waals surface area contributed by atoms with Gasteiger partial charge in [-0.3, -0.25) is 14.4 Å². The molecule has 0 spiro atoms. The summed E-state index contributed by atoms with van der Waals surface area (Å²) in [6.07, 6.45) is -1.02. The van der Waals surface area contributed by atoms with Crippen LogP contribution in [0.15, 0.2) is 78.9 Å². The maximum absolute atomic E-state index is 13.6. The van der Waals surface area contributed by atoms with E-state index in [1.807, 2.05) is 48.5 Å². The molecule has 0 aromatic heterocycles. The quantitative estimate of drug-likeness (QED) is 0.602. The van der Waals surface area contributed by atoms with Crippen LogP contribution in [0.4, 0.5) is 11.4 Å². The summed E-state index contributed by atoms with van der Waals surface area (Å²) >= 11 is 0. The molecule has 5 rings (SSSR count). The van der Waals surface area contributed by atoms with Crippen LogP contribution in [0.25, 0.3) is 0 Å². The molecule has 0 radical (unpaired) electrons. The number of benzene rings is 3. The van der Waals surface area contributed by atoms with E-state index in [2.05, 4.69) is 0 Å². The van der Waals surface area contributed by atoms with Crippen molar-refractivity contribution in [1.82, 2.24) is 0 Å². The zero-order valence-electron chi connectivity index (χ0n) is 17.6. The summed E-state index contributed by atoms with van der Waals surface area (Å²) in [5, 5.41) is 10.7. The second kappa shape index (κ2) is 8.07. The van der Waals surface area contributed by atoms with Crippen LogP contribution in [0.5, 0.6) is 5.75 Å². The molecule has 166 valence electrons. The monoisotopic (exact) mass is 444 g/mol. The Morgan fingerprint density at radius 1 is 0.879 bits per heavy atom. The van der Waals surface area contributed by atoms with Crippen molar-refractivity contribution in [2.24, 2.45) is 5.92 Å². The summed E-state index contributed by atoms with van der Waals surface area (Å²) in [7, 11) is 1.55. The number of carbonyl (C=O) groups is 3. The summed E-state index contributed by atoms with van der Waals surface area (Å²) in [6, 6.07) is 21.6. The van der Waals surface area contributed by atoms with Gasteiger partial charge in [0.25, 0.3) is 5.91 Å². The molecular formula is C25H20N2O6. The van der Waals surface area contributed by atoms with Gasteiger partial charge in [-0.05, 0) is 42.5 Å². The molecule has 2 heterocycles. The van der Waals surface area contributed by atoms with E-state index in [1.165, 1.54) is 24.3 Å². The maximum atomic E-state index is 13.6. The summed E-state index contributed by atoms with van der Waals surface area (Å²) < 4.78 is 5.55. The number of para-hydroxylation sites is 2. The number of fused-ring (bicyclic) bond motifs is 1. The van der Waals surface area contributed by atoms with Gasteiger partial charge in [-0.1, -0.05) is 36.4 Å². The summed E-state index contributed by atoms with van der Waals surface area (Å²) in [6.45, 7) is 0. The molecule has 3 aromatic rings. The largest absolute Gasteiger partial charge is 0.496 e. The Balaban J connectivity index is 1.58. The Morgan fingerprint density at radius 3 is 2.21 bits per heavy atom. The second-order valence-corrected chi connectivity index (χ2v) is 7.76. The van der Waals surface area contributed by atoms with Crippen molar-refractivity contribution in [3.8, 4) is 5.75 Å². The van der Waals surface area contributed by atoms with E-state index in [0.29, 0.717) is 17.1 Å². The van der Waals surface area contributed by atoms with E-state index < -0.39 is 35.8 Å². The molecule has 3 aromatic carbocycles. The van der Waals surface area contributed by atoms with Crippen LogP contribution in [-0.2, 0) is 14.4 Å². The average molecular weight is 444 g/mol. The van der Waals surface area contributed by atoms with Gasteiger partial charge in [0.05, 0.1) is 30.1 Å². The van der Waals surface area contributed by atoms with E-state index >= 15 is 0 Å². The van der Waals surface area contributed by atoms with Crippen molar-refractivity contribution in [3.05, 3.63) is 90.0 Å². The number of carboxylic acids is 1. The third kappa shape index (κ3) is 3.32. The molecule has 0 unspecified atom stereocenters. The van der Waals surface area contributed by atoms with Crippen LogP contribution < -0.4 is 14.7 Å². The molecule has 2 saturated heterocycles. The van der Waals surface area contributed by atoms with Crippen LogP contribution in [0.1, 0.15) is 22.0 Å². The Bertz CT molecular complexity index is 1230. The fourth-order valence-corrected chi connectivity index (χ4v) is 4.45. The lowest BCUT2D eigenvalue weighted by Crippen LogP contribution is -2.37. The number of hydroxylamine groups is 1. The smallest absolute Gasteiger partial charge is 0.335 e. The van der Waals surface area contributed by atoms with Crippen molar-refractivity contribution < 1.29 is 29.1 Å². The lowest BCUT2D eigenvalue weighted by molar-refractivity contribution is -0.126. The number of aromatic carboxylic acids is 1. The highest BCUT2D eigenvalue weighted by molar-refractivity contribution is 6.24. The number of rotatable bonds is 5. The molecule has 8 heteroatoms. The predicted molar refractivity (Wildman–Crippen MR) is 119 cm³/mol. The first-order chi connectivity index (χ1) is 16.0. The number of nitrogens with zero attached hydrogens (tertiary/aromatic N) is 2. The third-order valence-corrected chi connectivity index (χ3v) is 5.96. The van der Waals surface area contributed by atoms with Crippen molar-refractivity contribution in [3.63, 3.8) is 0 Å². The van der Waals surface area contributed by atoms with Gasteiger partial charge < -0.3 is 9.84 Å². The number of imide groups is 1. The van der Waals surface area contributed by atoms with Gasteiger partial charge in [-0.2, -0.15) is 0 Å². The van der Waals surface area contributed by atoms with Gasteiger partial charge >= 0.3 is 5.97 Å². The van der Waals surface area contributed by atoms with E-state index in [9.17, 15) is 14.4 Å². The molecule has 0 bridgehead atoms. The zero-order chi connectivity index (χ0) is 23.1. The minimum atomic E-state index is -1.09. The van der Waals surface area contributed by atoms with Crippen LogP contribution in [0, 0.1) is 5.92 Å². The van der Waals surface area contributed by atoms with Gasteiger partial charge in [0, 0.05) is 5.56 Å². The number of hydrogen-bond acceptors (Lipinski definition) is 6. The highest BCUT2D eigenvalue weighted by Gasteiger charge is 2.60. The van der Waals surface area contributed by atoms with Gasteiger partial charge in [-0.25, -0.2) is 14.8 Å². The van der Waals surface area contributed by atoms with Crippen LogP contribution in [0.2, 0.25) is 0 Å². The Labute approximate surface area is 189 Å². The van der Waals surface area contributed by atoms with E-state index in [-0.39, 0.29) is 5.56 Å². The van der Waals surface area contributed by atoms with Gasteiger partial charge in [0.1, 0.15) is 11.7 Å². The first kappa shape index (κ1) is 20.7. The molecule has 2 amide bonds. The van der Waals surface area contributed by atoms with Crippen LogP contribution >= 0.6 is 0 Å². The number of amides is 2. The summed E-state index contributed by atoms with van der Waals surface area (Å²) in [5.41, 5.74) is 1.80. The molecular weight excluding hydrogens is 424 g/mol. The first-order valence-electron chi connectivity index (χ1n) is 10.4. The second-order valence-electron chi connectivity index (χ2n) is 7.76. The average Bonchev–Trinajstić information content (AvgIpc) is 3.35. The minimum absolute atomic E-state index is 0.0661. The van der Waals surface area contributed by atoms with E-state index in [1.54, 1.807) is 18.2 Å². The molecule has 0 aliphatic carbocycles. The molecule has 33 heavy (non-hydrogen) atoms. The number of hydrogen-bond donors (Lipinski definition) is 1. The van der Waals surface area contributed by atoms with Crippen LogP contribution in [-0.4, -0.2) is 36.1 Å². The lowest BCUT2D eigenvalue weighted by atomic mass is 9.90. The molecule has 2 aliphatic heterocycles. The molecule has 2 aliphatic rings. The van der Waals surface area contributed by atoms with E-state index in [4.69, 9.17) is 14.7 Å². The maximum Gasteiger partial charge on any atom is 0.335 e. The number of anilines is 2. The van der Waals surface area contributed by atoms with Crippen molar-refractivity contribution >= 4 is 29.2 Å². The predicted octanol–water partition coefficient (Wildman–Crippen LogP) is 3.44. The molecule has 2 fully saturated rings. The topological polar surface area (TPSA) is 96.4 Å². The third-order valence-electron chi connectivity index (χ3n) is 5.96. The van der Waals surface area contributed by atoms with Gasteiger partial charge in [0.2, 0.25) is 5.91 Å². The van der Waals surface area contributed by atoms with Gasteiger partial charge in [0.15, 0.2) is 6.10 Å². The van der Waals surface area contributed by atoms with Crippen molar-refractivity contribution in [2.75, 3.05) is 17.1 Å². The number of carbonyl (C=O) groups excluding carboxylic acids is 2. The van der Waals surface area contributed by atoms with Crippen molar-refractivity contribution in [1.29, 1.82) is 0 Å². The van der Waals surface area contributed by atoms with Gasteiger partial charge in [-0.15, -0.1) is 0 Å². The molecule has 3 atom stereocenters. The summed E-state index contributed by atoms with van der Waals surface area (Å²) in [5.74, 6) is -2.23. The highest BCUT2D eigenvalue weighted by atomic mass is 16.7.